The topological polar surface area (TPSA) is 46.0 Å². The first-order chi connectivity index (χ1) is 14.1. The number of thiophene rings is 1. The smallest absolute Gasteiger partial charge is 0.224 e. The van der Waals surface area contributed by atoms with Crippen LogP contribution in [0.15, 0.2) is 54.0 Å². The third-order valence-electron chi connectivity index (χ3n) is 4.80. The van der Waals surface area contributed by atoms with Crippen molar-refractivity contribution >= 4 is 34.0 Å². The zero-order valence-electron chi connectivity index (χ0n) is 16.6. The fraction of sp³-hybridized carbons (Fsp3) is 0.273. The van der Waals surface area contributed by atoms with Crippen molar-refractivity contribution in [1.82, 2.24) is 24.8 Å². The lowest BCUT2D eigenvalue weighted by Crippen LogP contribution is -2.20. The number of hydrogen-bond donors (Lipinski definition) is 1. The number of hydrogen-bond acceptors (Lipinski definition) is 5. The van der Waals surface area contributed by atoms with Crippen molar-refractivity contribution in [2.75, 3.05) is 27.2 Å². The molecule has 1 aromatic carbocycles. The van der Waals surface area contributed by atoms with Crippen LogP contribution < -0.4 is 5.32 Å². The minimum absolute atomic E-state index is 0.263. The molecule has 0 unspecified atom stereocenters. The third-order valence-corrected chi connectivity index (χ3v) is 5.89. The van der Waals surface area contributed by atoms with Crippen LogP contribution >= 0.6 is 22.9 Å². The summed E-state index contributed by atoms with van der Waals surface area (Å²) in [7, 11) is 4.20. The van der Waals surface area contributed by atoms with Gasteiger partial charge in [-0.1, -0.05) is 18.2 Å². The van der Waals surface area contributed by atoms with Crippen LogP contribution in [0.2, 0.25) is 5.28 Å². The molecule has 0 fully saturated rings. The van der Waals surface area contributed by atoms with Crippen LogP contribution in [0.4, 0.5) is 0 Å². The van der Waals surface area contributed by atoms with Gasteiger partial charge in [-0.2, -0.15) is 4.98 Å². The maximum Gasteiger partial charge on any atom is 0.224 e. The highest BCUT2D eigenvalue weighted by atomic mass is 35.5. The number of para-hydroxylation sites is 1. The summed E-state index contributed by atoms with van der Waals surface area (Å²) in [5.41, 5.74) is 3.88. The molecule has 4 aromatic rings. The average molecular weight is 426 g/mol. The quantitative estimate of drug-likeness (QED) is 0.324. The first-order valence-corrected chi connectivity index (χ1v) is 10.9. The van der Waals surface area contributed by atoms with Gasteiger partial charge < -0.3 is 14.8 Å². The van der Waals surface area contributed by atoms with Gasteiger partial charge in [0, 0.05) is 34.3 Å². The minimum Gasteiger partial charge on any atom is -0.312 e. The molecule has 7 heteroatoms. The Balaban J connectivity index is 1.64. The maximum absolute atomic E-state index is 6.33. The van der Waals surface area contributed by atoms with Gasteiger partial charge in [-0.25, -0.2) is 4.98 Å². The fourth-order valence-electron chi connectivity index (χ4n) is 3.40. The lowest BCUT2D eigenvalue weighted by molar-refractivity contribution is 0.394. The second-order valence-electron chi connectivity index (χ2n) is 7.19. The van der Waals surface area contributed by atoms with Crippen LogP contribution in [-0.4, -0.2) is 46.6 Å². The van der Waals surface area contributed by atoms with Crippen molar-refractivity contribution in [3.8, 4) is 16.9 Å². The Bertz CT molecular complexity index is 1090. The molecule has 5 nitrogen and oxygen atoms in total. The van der Waals surface area contributed by atoms with E-state index in [0.29, 0.717) is 0 Å². The Morgan fingerprint density at radius 1 is 1.10 bits per heavy atom. The Hall–Kier alpha value is -2.25. The molecular formula is C22H24ClN5S. The molecule has 0 spiro atoms. The second-order valence-corrected chi connectivity index (χ2v) is 8.53. The van der Waals surface area contributed by atoms with Gasteiger partial charge in [0.2, 0.25) is 5.28 Å². The molecule has 0 amide bonds. The van der Waals surface area contributed by atoms with Crippen LogP contribution in [0.25, 0.3) is 28.0 Å². The number of benzene rings is 1. The van der Waals surface area contributed by atoms with Crippen molar-refractivity contribution in [3.63, 3.8) is 0 Å². The number of nitrogens with zero attached hydrogens (tertiary/aromatic N) is 4. The number of nitrogens with one attached hydrogen (secondary N) is 1. The van der Waals surface area contributed by atoms with Gasteiger partial charge in [0.1, 0.15) is 5.65 Å². The van der Waals surface area contributed by atoms with Crippen molar-refractivity contribution in [3.05, 3.63) is 64.2 Å². The molecule has 0 aliphatic rings. The molecule has 0 aliphatic carbocycles. The molecule has 4 rings (SSSR count). The van der Waals surface area contributed by atoms with Gasteiger partial charge in [-0.3, -0.25) is 0 Å². The van der Waals surface area contributed by atoms with E-state index in [9.17, 15) is 0 Å². The Morgan fingerprint density at radius 3 is 2.72 bits per heavy atom. The Morgan fingerprint density at radius 2 is 1.93 bits per heavy atom. The van der Waals surface area contributed by atoms with E-state index in [1.54, 1.807) is 11.3 Å². The number of aromatic nitrogens is 3. The summed E-state index contributed by atoms with van der Waals surface area (Å²) in [6.07, 6.45) is 3.15. The number of rotatable bonds is 8. The van der Waals surface area contributed by atoms with Gasteiger partial charge in [0.05, 0.1) is 5.69 Å². The minimum atomic E-state index is 0.263. The van der Waals surface area contributed by atoms with Gasteiger partial charge in [0.25, 0.3) is 0 Å². The van der Waals surface area contributed by atoms with E-state index in [4.69, 9.17) is 11.6 Å². The van der Waals surface area contributed by atoms with Crippen LogP contribution in [0.5, 0.6) is 0 Å². The Labute approximate surface area is 180 Å². The number of halogens is 1. The molecule has 3 heterocycles. The van der Waals surface area contributed by atoms with Gasteiger partial charge in [0.15, 0.2) is 0 Å². The molecule has 0 radical (unpaired) electrons. The normalized spacial score (nSPS) is 11.6. The molecule has 29 heavy (non-hydrogen) atoms. The van der Waals surface area contributed by atoms with Gasteiger partial charge in [-0.15, -0.1) is 11.3 Å². The lowest BCUT2D eigenvalue weighted by atomic mass is 10.1. The van der Waals surface area contributed by atoms with E-state index in [2.05, 4.69) is 68.5 Å². The standard InChI is InChI=1S/C22H24ClN5S/c1-27(2)12-6-11-24-15-19-17(10-14-29-19)20-18-9-13-28(16-7-4-3-5-8-16)21(18)26-22(23)25-20/h3-5,7-10,13-14,24H,6,11-12,15H2,1-2H3. The molecule has 0 atom stereocenters. The first-order valence-electron chi connectivity index (χ1n) is 9.65. The molecule has 0 saturated carbocycles. The molecule has 150 valence electrons. The highest BCUT2D eigenvalue weighted by Gasteiger charge is 2.16. The summed E-state index contributed by atoms with van der Waals surface area (Å²) in [5.74, 6) is 0. The summed E-state index contributed by atoms with van der Waals surface area (Å²) in [5, 5.41) is 6.93. The summed E-state index contributed by atoms with van der Waals surface area (Å²) < 4.78 is 2.05. The van der Waals surface area contributed by atoms with Crippen molar-refractivity contribution < 1.29 is 0 Å². The zero-order valence-corrected chi connectivity index (χ0v) is 18.2. The monoisotopic (exact) mass is 425 g/mol. The van der Waals surface area contributed by atoms with E-state index >= 15 is 0 Å². The van der Waals surface area contributed by atoms with E-state index in [0.717, 1.165) is 54.0 Å². The molecule has 1 N–H and O–H groups in total. The van der Waals surface area contributed by atoms with Crippen molar-refractivity contribution in [2.45, 2.75) is 13.0 Å². The molecule has 0 bridgehead atoms. The van der Waals surface area contributed by atoms with Gasteiger partial charge in [-0.05, 0) is 74.9 Å². The van der Waals surface area contributed by atoms with E-state index in [-0.39, 0.29) is 5.28 Å². The van der Waals surface area contributed by atoms with E-state index < -0.39 is 0 Å². The van der Waals surface area contributed by atoms with E-state index in [1.165, 1.54) is 4.88 Å². The Kier molecular flexibility index (Phi) is 6.25. The second kappa shape index (κ2) is 9.05. The molecule has 0 aliphatic heterocycles. The molecule has 3 aromatic heterocycles. The van der Waals surface area contributed by atoms with Crippen LogP contribution in [0.3, 0.4) is 0 Å². The summed E-state index contributed by atoms with van der Waals surface area (Å²) in [6.45, 7) is 2.89. The molecular weight excluding hydrogens is 402 g/mol. The van der Waals surface area contributed by atoms with Crippen molar-refractivity contribution in [1.29, 1.82) is 0 Å². The highest BCUT2D eigenvalue weighted by molar-refractivity contribution is 7.10. The van der Waals surface area contributed by atoms with Crippen LogP contribution in [-0.2, 0) is 6.54 Å². The summed E-state index contributed by atoms with van der Waals surface area (Å²) in [6, 6.07) is 14.4. The predicted molar refractivity (Wildman–Crippen MR) is 122 cm³/mol. The predicted octanol–water partition coefficient (Wildman–Crippen LogP) is 4.84. The van der Waals surface area contributed by atoms with Crippen LogP contribution in [0.1, 0.15) is 11.3 Å². The van der Waals surface area contributed by atoms with Crippen LogP contribution in [0, 0.1) is 0 Å². The maximum atomic E-state index is 6.33. The lowest BCUT2D eigenvalue weighted by Gasteiger charge is -2.10. The average Bonchev–Trinajstić information content (AvgIpc) is 3.34. The third kappa shape index (κ3) is 4.51. The van der Waals surface area contributed by atoms with Crippen molar-refractivity contribution in [2.24, 2.45) is 0 Å². The fourth-order valence-corrected chi connectivity index (χ4v) is 4.41. The summed E-state index contributed by atoms with van der Waals surface area (Å²) in [4.78, 5) is 12.6. The number of fused-ring (bicyclic) bond motifs is 1. The molecule has 0 saturated heterocycles. The van der Waals surface area contributed by atoms with Gasteiger partial charge >= 0.3 is 0 Å². The zero-order chi connectivity index (χ0) is 20.2. The highest BCUT2D eigenvalue weighted by Crippen LogP contribution is 2.34. The first kappa shape index (κ1) is 20.0. The largest absolute Gasteiger partial charge is 0.312 e. The SMILES string of the molecule is CN(C)CCCNCc1sccc1-c1nc(Cl)nc2c1ccn2-c1ccccc1. The van der Waals surface area contributed by atoms with E-state index in [1.807, 2.05) is 24.4 Å². The summed E-state index contributed by atoms with van der Waals surface area (Å²) >= 11 is 8.08.